The van der Waals surface area contributed by atoms with Crippen molar-refractivity contribution in [3.8, 4) is 5.88 Å². The maximum absolute atomic E-state index is 11.0. The van der Waals surface area contributed by atoms with Crippen molar-refractivity contribution in [2.24, 2.45) is 0 Å². The van der Waals surface area contributed by atoms with E-state index in [-0.39, 0.29) is 17.7 Å². The third-order valence-corrected chi connectivity index (χ3v) is 2.32. The summed E-state index contributed by atoms with van der Waals surface area (Å²) in [6.45, 7) is 3.74. The summed E-state index contributed by atoms with van der Waals surface area (Å²) in [6.07, 6.45) is 0. The summed E-state index contributed by atoms with van der Waals surface area (Å²) in [5.41, 5.74) is 5.90. The van der Waals surface area contributed by atoms with Gasteiger partial charge in [0.2, 0.25) is 0 Å². The molecule has 0 spiro atoms. The van der Waals surface area contributed by atoms with Crippen molar-refractivity contribution in [2.75, 3.05) is 11.1 Å². The van der Waals surface area contributed by atoms with Crippen molar-refractivity contribution in [3.05, 3.63) is 0 Å². The second-order valence-electron chi connectivity index (χ2n) is 3.30. The smallest absolute Gasteiger partial charge is 0.379 e. The average molecular weight is 234 g/mol. The van der Waals surface area contributed by atoms with Gasteiger partial charge in [0.05, 0.1) is 0 Å². The van der Waals surface area contributed by atoms with Gasteiger partial charge in [0, 0.05) is 6.04 Å². The quantitative estimate of drug-likeness (QED) is 0.699. The predicted molar refractivity (Wildman–Crippen MR) is 51.5 cm³/mol. The summed E-state index contributed by atoms with van der Waals surface area (Å²) in [7, 11) is -4.09. The summed E-state index contributed by atoms with van der Waals surface area (Å²) >= 11 is 0. The van der Waals surface area contributed by atoms with Gasteiger partial charge in [-0.15, -0.1) is 8.42 Å². The molecule has 0 amide bonds. The molecule has 1 aromatic rings. The Morgan fingerprint density at radius 3 is 2.80 bits per heavy atom. The summed E-state index contributed by atoms with van der Waals surface area (Å²) < 4.78 is 30.9. The molecule has 1 aliphatic rings. The Hall–Kier alpha value is -1.64. The van der Waals surface area contributed by atoms with Crippen LogP contribution in [0.3, 0.4) is 0 Å². The van der Waals surface area contributed by atoms with E-state index in [9.17, 15) is 8.42 Å². The van der Waals surface area contributed by atoms with Gasteiger partial charge in [0.1, 0.15) is 5.69 Å². The monoisotopic (exact) mass is 234 g/mol. The molecule has 8 nitrogen and oxygen atoms in total. The van der Waals surface area contributed by atoms with Crippen LogP contribution in [0.5, 0.6) is 5.88 Å². The van der Waals surface area contributed by atoms with Crippen molar-refractivity contribution in [1.82, 2.24) is 9.94 Å². The molecule has 2 heterocycles. The Labute approximate surface area is 86.2 Å². The predicted octanol–water partition coefficient (Wildman–Crippen LogP) is -0.649. The van der Waals surface area contributed by atoms with Gasteiger partial charge in [-0.25, -0.2) is 4.28 Å². The van der Waals surface area contributed by atoms with E-state index in [4.69, 9.17) is 5.73 Å². The number of rotatable bonds is 2. The first-order valence-electron chi connectivity index (χ1n) is 4.18. The van der Waals surface area contributed by atoms with Gasteiger partial charge in [-0.1, -0.05) is 9.94 Å². The second kappa shape index (κ2) is 2.92. The molecule has 2 bridgehead atoms. The molecular formula is C6H10N4O4S. The third-order valence-electron chi connectivity index (χ3n) is 1.63. The average Bonchev–Trinajstić information content (AvgIpc) is 2.28. The lowest BCUT2D eigenvalue weighted by Gasteiger charge is -2.09. The van der Waals surface area contributed by atoms with E-state index in [1.165, 1.54) is 0 Å². The molecule has 0 atom stereocenters. The van der Waals surface area contributed by atoms with E-state index >= 15 is 0 Å². The van der Waals surface area contributed by atoms with E-state index in [2.05, 4.69) is 18.9 Å². The molecule has 9 heteroatoms. The lowest BCUT2D eigenvalue weighted by Crippen LogP contribution is -2.29. The minimum atomic E-state index is -4.09. The first kappa shape index (κ1) is 9.90. The molecule has 3 N–H and O–H groups in total. The van der Waals surface area contributed by atoms with Crippen molar-refractivity contribution in [3.63, 3.8) is 0 Å². The Bertz CT molecular complexity index is 491. The molecule has 0 unspecified atom stereocenters. The second-order valence-corrected chi connectivity index (χ2v) is 4.44. The number of aromatic nitrogens is 2. The summed E-state index contributed by atoms with van der Waals surface area (Å²) in [5, 5.41) is 6.58. The highest BCUT2D eigenvalue weighted by Gasteiger charge is 2.32. The van der Waals surface area contributed by atoms with Gasteiger partial charge in [-0.2, -0.15) is 0 Å². The molecular weight excluding hydrogens is 224 g/mol. The topological polar surface area (TPSA) is 108 Å². The molecule has 1 aromatic heterocycles. The molecule has 0 saturated heterocycles. The number of hydrogen-bond donors (Lipinski definition) is 2. The third kappa shape index (κ3) is 1.65. The van der Waals surface area contributed by atoms with Crippen LogP contribution in [-0.2, 0) is 10.4 Å². The number of anilines is 2. The lowest BCUT2D eigenvalue weighted by atomic mass is 10.3. The van der Waals surface area contributed by atoms with Crippen LogP contribution in [-0.4, -0.2) is 24.4 Å². The highest BCUT2D eigenvalue weighted by atomic mass is 32.3. The van der Waals surface area contributed by atoms with Gasteiger partial charge in [-0.3, -0.25) is 0 Å². The molecule has 1 aliphatic heterocycles. The fraction of sp³-hybridized carbons (Fsp3) is 0.500. The molecule has 15 heavy (non-hydrogen) atoms. The number of nitrogens with zero attached hydrogens (tertiary/aromatic N) is 2. The number of nitrogens with two attached hydrogens (primary N) is 1. The number of nitrogen functional groups attached to an aromatic ring is 1. The minimum absolute atomic E-state index is 0.0553. The van der Waals surface area contributed by atoms with E-state index in [1.807, 2.05) is 13.8 Å². The maximum Gasteiger partial charge on any atom is 0.523 e. The fourth-order valence-corrected chi connectivity index (χ4v) is 1.76. The van der Waals surface area contributed by atoms with Crippen LogP contribution in [0.25, 0.3) is 0 Å². The van der Waals surface area contributed by atoms with E-state index in [1.54, 1.807) is 0 Å². The maximum atomic E-state index is 11.0. The van der Waals surface area contributed by atoms with Crippen molar-refractivity contribution < 1.29 is 16.9 Å². The molecule has 84 valence electrons. The lowest BCUT2D eigenvalue weighted by molar-refractivity contribution is 0.190. The Morgan fingerprint density at radius 2 is 2.20 bits per heavy atom. The molecule has 0 aromatic carbocycles. The summed E-state index contributed by atoms with van der Waals surface area (Å²) in [6, 6.07) is 0.0631. The minimum Gasteiger partial charge on any atom is -0.379 e. The van der Waals surface area contributed by atoms with Crippen molar-refractivity contribution >= 4 is 21.9 Å². The molecule has 0 saturated carbocycles. The number of fused-ring (bicyclic) bond motifs is 2. The zero-order valence-corrected chi connectivity index (χ0v) is 8.91. The highest BCUT2D eigenvalue weighted by molar-refractivity contribution is 7.82. The molecule has 0 radical (unpaired) electrons. The van der Waals surface area contributed by atoms with E-state index in [0.29, 0.717) is 10.5 Å². The zero-order valence-electron chi connectivity index (χ0n) is 8.09. The van der Waals surface area contributed by atoms with Gasteiger partial charge in [0.25, 0.3) is 5.88 Å². The standard InChI is InChI=1S/C6H10N4O4S/c1-3(2)8-4-5(7)10-9-6(4)13-15(11,12)14-10/h3,8H,7H2,1-2H3. The number of nitrogens with one attached hydrogen (secondary N) is 1. The molecule has 0 aliphatic carbocycles. The van der Waals surface area contributed by atoms with Crippen LogP contribution in [0, 0.1) is 0 Å². The summed E-state index contributed by atoms with van der Waals surface area (Å²) in [4.78, 5) is 0.707. The Kier molecular flexibility index (Phi) is 1.93. The first-order valence-corrected chi connectivity index (χ1v) is 5.52. The van der Waals surface area contributed by atoms with Crippen LogP contribution < -0.4 is 19.5 Å². The van der Waals surface area contributed by atoms with Gasteiger partial charge < -0.3 is 15.2 Å². The molecule has 0 fully saturated rings. The normalized spacial score (nSPS) is 17.0. The van der Waals surface area contributed by atoms with Gasteiger partial charge in [-0.05, 0) is 13.8 Å². The van der Waals surface area contributed by atoms with Gasteiger partial charge >= 0.3 is 10.4 Å². The SMILES string of the molecule is CC(C)Nc1c2nn(c1N)OS(=O)(=O)O2. The van der Waals surface area contributed by atoms with Crippen LogP contribution in [0.15, 0.2) is 0 Å². The Balaban J connectivity index is 2.45. The van der Waals surface area contributed by atoms with E-state index in [0.717, 1.165) is 0 Å². The Morgan fingerprint density at radius 1 is 1.53 bits per heavy atom. The van der Waals surface area contributed by atoms with Crippen LogP contribution in [0.1, 0.15) is 13.8 Å². The van der Waals surface area contributed by atoms with Crippen LogP contribution >= 0.6 is 0 Å². The van der Waals surface area contributed by atoms with Crippen LogP contribution in [0.2, 0.25) is 0 Å². The summed E-state index contributed by atoms with van der Waals surface area (Å²) in [5.74, 6) is -0.0489. The fourth-order valence-electron chi connectivity index (χ4n) is 1.13. The number of hydrogen-bond acceptors (Lipinski definition) is 7. The highest BCUT2D eigenvalue weighted by Crippen LogP contribution is 2.33. The first-order chi connectivity index (χ1) is 6.89. The van der Waals surface area contributed by atoms with Crippen molar-refractivity contribution in [1.29, 1.82) is 0 Å². The largest absolute Gasteiger partial charge is 0.523 e. The van der Waals surface area contributed by atoms with E-state index < -0.39 is 10.4 Å². The van der Waals surface area contributed by atoms with Gasteiger partial charge in [0.15, 0.2) is 5.82 Å². The van der Waals surface area contributed by atoms with Crippen LogP contribution in [0.4, 0.5) is 11.5 Å². The zero-order chi connectivity index (χ0) is 11.2. The van der Waals surface area contributed by atoms with Crippen molar-refractivity contribution in [2.45, 2.75) is 19.9 Å². The molecule has 2 rings (SSSR count).